The van der Waals surface area contributed by atoms with Crippen molar-refractivity contribution in [3.63, 3.8) is 0 Å². The van der Waals surface area contributed by atoms with E-state index in [1.54, 1.807) is 16.2 Å². The summed E-state index contributed by atoms with van der Waals surface area (Å²) in [6.45, 7) is 4.97. The number of aromatic nitrogens is 1. The predicted molar refractivity (Wildman–Crippen MR) is 129 cm³/mol. The zero-order valence-electron chi connectivity index (χ0n) is 18.9. The lowest BCUT2D eigenvalue weighted by molar-refractivity contribution is -0.134. The first-order valence-electron chi connectivity index (χ1n) is 11.8. The SMILES string of the molecule is CCc1ccc(CN2C(=O)c3cc4ccsc4n3C[C@@]2(C)C(=O)NC2CCCCC2)cc1. The van der Waals surface area contributed by atoms with Gasteiger partial charge < -0.3 is 14.8 Å². The van der Waals surface area contributed by atoms with Gasteiger partial charge in [-0.05, 0) is 54.8 Å². The topological polar surface area (TPSA) is 54.3 Å². The average molecular weight is 450 g/mol. The third kappa shape index (κ3) is 3.64. The van der Waals surface area contributed by atoms with Crippen molar-refractivity contribution < 1.29 is 9.59 Å². The van der Waals surface area contributed by atoms with Gasteiger partial charge in [0.25, 0.3) is 5.91 Å². The average Bonchev–Trinajstić information content (AvgIpc) is 3.40. The van der Waals surface area contributed by atoms with E-state index in [4.69, 9.17) is 0 Å². The Morgan fingerprint density at radius 3 is 2.56 bits per heavy atom. The van der Waals surface area contributed by atoms with Gasteiger partial charge in [-0.15, -0.1) is 11.3 Å². The molecule has 0 spiro atoms. The fourth-order valence-electron chi connectivity index (χ4n) is 5.16. The standard InChI is InChI=1S/C26H31N3O2S/c1-3-18-9-11-19(12-10-18)16-29-23(30)22-15-20-13-14-32-24(20)28(22)17-26(29,2)25(31)27-21-7-5-4-6-8-21/h9-15,21H,3-8,16-17H2,1-2H3,(H,27,31)/t26-/m0/s1. The highest BCUT2D eigenvalue weighted by Gasteiger charge is 2.48. The van der Waals surface area contributed by atoms with Crippen molar-refractivity contribution in [2.45, 2.75) is 77.0 Å². The molecule has 3 aromatic rings. The molecular weight excluding hydrogens is 418 g/mol. The number of carbonyl (C=O) groups excluding carboxylic acids is 2. The Hall–Kier alpha value is -2.60. The lowest BCUT2D eigenvalue weighted by Gasteiger charge is -2.44. The number of hydrogen-bond acceptors (Lipinski definition) is 3. The molecule has 0 unspecified atom stereocenters. The molecule has 2 amide bonds. The summed E-state index contributed by atoms with van der Waals surface area (Å²) in [6, 6.07) is 12.6. The third-order valence-electron chi connectivity index (χ3n) is 7.23. The second-order valence-corrected chi connectivity index (χ2v) is 10.3. The van der Waals surface area contributed by atoms with E-state index in [1.807, 2.05) is 24.4 Å². The molecule has 1 aliphatic heterocycles. The maximum absolute atomic E-state index is 13.8. The van der Waals surface area contributed by atoms with Crippen LogP contribution < -0.4 is 5.32 Å². The van der Waals surface area contributed by atoms with Crippen LogP contribution >= 0.6 is 11.3 Å². The van der Waals surface area contributed by atoms with Crippen LogP contribution in [0.3, 0.4) is 0 Å². The molecule has 1 atom stereocenters. The molecule has 0 bridgehead atoms. The van der Waals surface area contributed by atoms with Crippen molar-refractivity contribution in [2.24, 2.45) is 0 Å². The van der Waals surface area contributed by atoms with Crippen molar-refractivity contribution in [3.8, 4) is 0 Å². The smallest absolute Gasteiger partial charge is 0.271 e. The number of fused-ring (bicyclic) bond motifs is 3. The van der Waals surface area contributed by atoms with Gasteiger partial charge in [0.1, 0.15) is 16.1 Å². The summed E-state index contributed by atoms with van der Waals surface area (Å²) in [6.07, 6.45) is 6.59. The zero-order valence-corrected chi connectivity index (χ0v) is 19.7. The Labute approximate surface area is 193 Å². The largest absolute Gasteiger partial charge is 0.351 e. The molecule has 0 radical (unpaired) electrons. The van der Waals surface area contributed by atoms with Gasteiger partial charge in [-0.2, -0.15) is 0 Å². The van der Waals surface area contributed by atoms with Crippen LogP contribution in [0, 0.1) is 0 Å². The number of rotatable bonds is 5. The first-order chi connectivity index (χ1) is 15.5. The van der Waals surface area contributed by atoms with E-state index >= 15 is 0 Å². The molecule has 5 rings (SSSR count). The van der Waals surface area contributed by atoms with E-state index in [1.165, 1.54) is 12.0 Å². The van der Waals surface area contributed by atoms with E-state index in [0.29, 0.717) is 18.8 Å². The number of hydrogen-bond donors (Lipinski definition) is 1. The van der Waals surface area contributed by atoms with Crippen molar-refractivity contribution in [3.05, 3.63) is 58.6 Å². The van der Waals surface area contributed by atoms with E-state index in [9.17, 15) is 9.59 Å². The summed E-state index contributed by atoms with van der Waals surface area (Å²) in [4.78, 5) is 30.3. The Morgan fingerprint density at radius 2 is 1.84 bits per heavy atom. The van der Waals surface area contributed by atoms with Crippen LogP contribution in [-0.4, -0.2) is 32.9 Å². The number of amides is 2. The number of nitrogens with zero attached hydrogens (tertiary/aromatic N) is 2. The van der Waals surface area contributed by atoms with Crippen molar-refractivity contribution in [1.29, 1.82) is 0 Å². The van der Waals surface area contributed by atoms with Gasteiger partial charge in [-0.1, -0.05) is 50.5 Å². The monoisotopic (exact) mass is 449 g/mol. The summed E-state index contributed by atoms with van der Waals surface area (Å²) in [5, 5.41) is 6.42. The number of carbonyl (C=O) groups is 2. The van der Waals surface area contributed by atoms with Crippen LogP contribution in [0.25, 0.3) is 10.2 Å². The molecule has 3 heterocycles. The number of nitrogens with one attached hydrogen (secondary N) is 1. The molecule has 1 saturated carbocycles. The van der Waals surface area contributed by atoms with E-state index < -0.39 is 5.54 Å². The highest BCUT2D eigenvalue weighted by molar-refractivity contribution is 7.16. The summed E-state index contributed by atoms with van der Waals surface area (Å²) in [5.74, 6) is -0.104. The maximum Gasteiger partial charge on any atom is 0.271 e. The van der Waals surface area contributed by atoms with Gasteiger partial charge in [-0.3, -0.25) is 9.59 Å². The van der Waals surface area contributed by atoms with Crippen LogP contribution in [0.5, 0.6) is 0 Å². The fraction of sp³-hybridized carbons (Fsp3) is 0.462. The summed E-state index contributed by atoms with van der Waals surface area (Å²) >= 11 is 1.63. The number of thiophene rings is 1. The Kier molecular flexibility index (Phi) is 5.58. The molecule has 6 heteroatoms. The van der Waals surface area contributed by atoms with Gasteiger partial charge in [-0.25, -0.2) is 0 Å². The van der Waals surface area contributed by atoms with Crippen LogP contribution in [0.15, 0.2) is 41.8 Å². The first kappa shape index (κ1) is 21.3. The normalized spacial score (nSPS) is 21.7. The molecule has 168 valence electrons. The molecule has 1 fully saturated rings. The molecule has 1 N–H and O–H groups in total. The Balaban J connectivity index is 1.51. The van der Waals surface area contributed by atoms with Crippen LogP contribution in [0.2, 0.25) is 0 Å². The third-order valence-corrected chi connectivity index (χ3v) is 8.18. The highest BCUT2D eigenvalue weighted by atomic mass is 32.1. The highest BCUT2D eigenvalue weighted by Crippen LogP contribution is 2.35. The fourth-order valence-corrected chi connectivity index (χ4v) is 6.05. The summed E-state index contributed by atoms with van der Waals surface area (Å²) in [7, 11) is 0. The predicted octanol–water partition coefficient (Wildman–Crippen LogP) is 5.13. The van der Waals surface area contributed by atoms with Gasteiger partial charge >= 0.3 is 0 Å². The van der Waals surface area contributed by atoms with Crippen LogP contribution in [-0.2, 0) is 24.3 Å². The molecule has 2 aromatic heterocycles. The van der Waals surface area contributed by atoms with E-state index in [-0.39, 0.29) is 17.9 Å². The van der Waals surface area contributed by atoms with Crippen LogP contribution in [0.4, 0.5) is 0 Å². The second kappa shape index (κ2) is 8.39. The Morgan fingerprint density at radius 1 is 1.12 bits per heavy atom. The number of aryl methyl sites for hydroxylation is 1. The van der Waals surface area contributed by atoms with Crippen molar-refractivity contribution in [1.82, 2.24) is 14.8 Å². The van der Waals surface area contributed by atoms with Crippen molar-refractivity contribution in [2.75, 3.05) is 0 Å². The first-order valence-corrected chi connectivity index (χ1v) is 12.6. The zero-order chi connectivity index (χ0) is 22.3. The molecule has 1 aliphatic carbocycles. The minimum atomic E-state index is -0.944. The molecule has 0 saturated heterocycles. The van der Waals surface area contributed by atoms with Gasteiger partial charge in [0.15, 0.2) is 0 Å². The van der Waals surface area contributed by atoms with Crippen LogP contribution in [0.1, 0.15) is 67.6 Å². The minimum Gasteiger partial charge on any atom is -0.351 e. The number of benzene rings is 1. The lowest BCUT2D eigenvalue weighted by Crippen LogP contribution is -2.64. The molecule has 2 aliphatic rings. The molecule has 1 aromatic carbocycles. The van der Waals surface area contributed by atoms with Gasteiger partial charge in [0.2, 0.25) is 5.91 Å². The quantitative estimate of drug-likeness (QED) is 0.587. The summed E-state index contributed by atoms with van der Waals surface area (Å²) in [5.41, 5.74) is 2.06. The van der Waals surface area contributed by atoms with Gasteiger partial charge in [0, 0.05) is 18.0 Å². The minimum absolute atomic E-state index is 0.0352. The molecular formula is C26H31N3O2S. The van der Waals surface area contributed by atoms with E-state index in [0.717, 1.165) is 47.9 Å². The van der Waals surface area contributed by atoms with Crippen molar-refractivity contribution >= 4 is 33.4 Å². The maximum atomic E-state index is 13.8. The molecule has 5 nitrogen and oxygen atoms in total. The molecule has 32 heavy (non-hydrogen) atoms. The lowest BCUT2D eigenvalue weighted by atomic mass is 9.91. The second-order valence-electron chi connectivity index (χ2n) is 9.44. The van der Waals surface area contributed by atoms with Gasteiger partial charge in [0.05, 0.1) is 6.54 Å². The Bertz CT molecular complexity index is 1140. The summed E-state index contributed by atoms with van der Waals surface area (Å²) < 4.78 is 2.06. The van der Waals surface area contributed by atoms with E-state index in [2.05, 4.69) is 41.1 Å².